The lowest BCUT2D eigenvalue weighted by Gasteiger charge is -2.24. The third kappa shape index (κ3) is 3.77. The maximum absolute atomic E-state index is 11.2. The molecule has 0 aliphatic heterocycles. The Morgan fingerprint density at radius 1 is 1.29 bits per heavy atom. The molecule has 21 heavy (non-hydrogen) atoms. The van der Waals surface area contributed by atoms with Crippen LogP contribution in [-0.2, 0) is 6.54 Å². The van der Waals surface area contributed by atoms with Crippen LogP contribution in [0.2, 0.25) is 0 Å². The molecule has 0 unspecified atom stereocenters. The Morgan fingerprint density at radius 2 is 2.00 bits per heavy atom. The van der Waals surface area contributed by atoms with Gasteiger partial charge in [0.05, 0.1) is 16.0 Å². The summed E-state index contributed by atoms with van der Waals surface area (Å²) >= 11 is 3.31. The summed E-state index contributed by atoms with van der Waals surface area (Å²) in [7, 11) is 0. The van der Waals surface area contributed by atoms with Gasteiger partial charge in [-0.25, -0.2) is 0 Å². The van der Waals surface area contributed by atoms with Gasteiger partial charge < -0.3 is 10.0 Å². The van der Waals surface area contributed by atoms with Gasteiger partial charge in [-0.1, -0.05) is 30.3 Å². The van der Waals surface area contributed by atoms with Gasteiger partial charge in [-0.05, 0) is 21.5 Å². The van der Waals surface area contributed by atoms with E-state index in [9.17, 15) is 15.2 Å². The van der Waals surface area contributed by atoms with Crippen molar-refractivity contribution in [3.8, 4) is 0 Å². The number of rotatable bonds is 6. The quantitative estimate of drug-likeness (QED) is 0.639. The predicted octanol–water partition coefficient (Wildman–Crippen LogP) is 2.75. The van der Waals surface area contributed by atoms with Crippen LogP contribution in [0.5, 0.6) is 0 Å². The monoisotopic (exact) mass is 351 g/mol. The molecule has 0 spiro atoms. The number of nitrogens with zero attached hydrogens (tertiary/aromatic N) is 3. The summed E-state index contributed by atoms with van der Waals surface area (Å²) in [5.74, 6) is 0. The van der Waals surface area contributed by atoms with Gasteiger partial charge in [0.15, 0.2) is 0 Å². The molecule has 0 aliphatic rings. The van der Waals surface area contributed by atoms with E-state index in [4.69, 9.17) is 0 Å². The second-order valence-corrected chi connectivity index (χ2v) is 5.23. The van der Waals surface area contributed by atoms with Crippen LogP contribution < -0.4 is 4.90 Å². The van der Waals surface area contributed by atoms with E-state index in [1.54, 1.807) is 4.90 Å². The minimum absolute atomic E-state index is 0.0891. The van der Waals surface area contributed by atoms with Crippen molar-refractivity contribution < 1.29 is 10.0 Å². The first kappa shape index (κ1) is 15.4. The lowest BCUT2D eigenvalue weighted by atomic mass is 10.2. The number of nitro groups is 1. The van der Waals surface area contributed by atoms with E-state index in [-0.39, 0.29) is 12.3 Å². The first-order valence-electron chi connectivity index (χ1n) is 6.31. The molecule has 7 heteroatoms. The Bertz CT molecular complexity index is 622. The van der Waals surface area contributed by atoms with Gasteiger partial charge in [0.1, 0.15) is 11.9 Å². The van der Waals surface area contributed by atoms with Gasteiger partial charge in [-0.2, -0.15) is 0 Å². The Labute approximate surface area is 130 Å². The van der Waals surface area contributed by atoms with Gasteiger partial charge in [0.2, 0.25) is 0 Å². The van der Waals surface area contributed by atoms with Crippen molar-refractivity contribution in [2.45, 2.75) is 6.54 Å². The van der Waals surface area contributed by atoms with Crippen LogP contribution in [0.3, 0.4) is 0 Å². The average molecular weight is 352 g/mol. The molecule has 6 nitrogen and oxygen atoms in total. The summed E-state index contributed by atoms with van der Waals surface area (Å²) in [6.45, 7) is 0.655. The Hall–Kier alpha value is -1.99. The average Bonchev–Trinajstić information content (AvgIpc) is 2.47. The number of anilines is 1. The van der Waals surface area contributed by atoms with E-state index >= 15 is 0 Å². The highest BCUT2D eigenvalue weighted by Crippen LogP contribution is 2.35. The molecule has 1 aromatic heterocycles. The number of hydrogen-bond donors (Lipinski definition) is 1. The number of aliphatic hydroxyl groups is 1. The molecular formula is C14H14BrN3O3. The molecule has 1 N–H and O–H groups in total. The number of aliphatic hydroxyl groups excluding tert-OH is 1. The number of pyridine rings is 1. The molecule has 0 saturated carbocycles. The Morgan fingerprint density at radius 3 is 2.62 bits per heavy atom. The lowest BCUT2D eigenvalue weighted by molar-refractivity contribution is -0.384. The maximum Gasteiger partial charge on any atom is 0.311 e. The van der Waals surface area contributed by atoms with Crippen molar-refractivity contribution in [1.29, 1.82) is 0 Å². The van der Waals surface area contributed by atoms with Crippen LogP contribution in [0.1, 0.15) is 5.56 Å². The van der Waals surface area contributed by atoms with Crippen molar-refractivity contribution in [2.75, 3.05) is 18.1 Å². The normalized spacial score (nSPS) is 10.4. The fourth-order valence-corrected chi connectivity index (χ4v) is 2.63. The van der Waals surface area contributed by atoms with Crippen LogP contribution >= 0.6 is 15.9 Å². The molecule has 0 fully saturated rings. The highest BCUT2D eigenvalue weighted by molar-refractivity contribution is 9.10. The highest BCUT2D eigenvalue weighted by atomic mass is 79.9. The SMILES string of the molecule is O=[N+]([O-])c1cncc(Br)c1N(CCO)Cc1ccccc1. The van der Waals surface area contributed by atoms with Gasteiger partial charge >= 0.3 is 5.69 Å². The smallest absolute Gasteiger partial charge is 0.311 e. The summed E-state index contributed by atoms with van der Waals surface area (Å²) in [6, 6.07) is 9.59. The second kappa shape index (κ2) is 7.14. The summed E-state index contributed by atoms with van der Waals surface area (Å²) in [5.41, 5.74) is 1.34. The van der Waals surface area contributed by atoms with Crippen LogP contribution in [0.4, 0.5) is 11.4 Å². The van der Waals surface area contributed by atoms with Crippen LogP contribution in [0, 0.1) is 10.1 Å². The third-order valence-electron chi connectivity index (χ3n) is 2.95. The topological polar surface area (TPSA) is 79.5 Å². The number of halogens is 1. The molecule has 0 atom stereocenters. The van der Waals surface area contributed by atoms with Crippen LogP contribution in [0.15, 0.2) is 47.2 Å². The lowest BCUT2D eigenvalue weighted by Crippen LogP contribution is -2.27. The summed E-state index contributed by atoms with van der Waals surface area (Å²) < 4.78 is 0.529. The van der Waals surface area contributed by atoms with Crippen molar-refractivity contribution in [1.82, 2.24) is 4.98 Å². The van der Waals surface area contributed by atoms with E-state index in [0.717, 1.165) is 5.56 Å². The van der Waals surface area contributed by atoms with Crippen molar-refractivity contribution in [3.05, 3.63) is 62.9 Å². The summed E-state index contributed by atoms with van der Waals surface area (Å²) in [6.07, 6.45) is 2.73. The van der Waals surface area contributed by atoms with E-state index in [0.29, 0.717) is 23.2 Å². The fraction of sp³-hybridized carbons (Fsp3) is 0.214. The molecule has 2 rings (SSSR count). The zero-order valence-electron chi connectivity index (χ0n) is 11.1. The molecule has 0 bridgehead atoms. The van der Waals surface area contributed by atoms with Crippen molar-refractivity contribution in [3.63, 3.8) is 0 Å². The maximum atomic E-state index is 11.2. The first-order chi connectivity index (χ1) is 10.1. The number of aromatic nitrogens is 1. The molecule has 1 aromatic carbocycles. The second-order valence-electron chi connectivity index (χ2n) is 4.38. The fourth-order valence-electron chi connectivity index (χ4n) is 2.06. The van der Waals surface area contributed by atoms with E-state index in [1.807, 2.05) is 30.3 Å². The standard InChI is InChI=1S/C14H14BrN3O3/c15-12-8-16-9-13(18(20)21)14(12)17(6-7-19)10-11-4-2-1-3-5-11/h1-5,8-9,19H,6-7,10H2. The Kier molecular flexibility index (Phi) is 5.24. The summed E-state index contributed by atoms with van der Waals surface area (Å²) in [4.78, 5) is 16.3. The van der Waals surface area contributed by atoms with Crippen LogP contribution in [0.25, 0.3) is 0 Å². The van der Waals surface area contributed by atoms with E-state index < -0.39 is 4.92 Å². The highest BCUT2D eigenvalue weighted by Gasteiger charge is 2.23. The first-order valence-corrected chi connectivity index (χ1v) is 7.10. The molecule has 0 saturated heterocycles. The van der Waals surface area contributed by atoms with Crippen LogP contribution in [-0.4, -0.2) is 28.2 Å². The van der Waals surface area contributed by atoms with Gasteiger partial charge in [0, 0.05) is 19.3 Å². The Balaban J connectivity index is 2.41. The van der Waals surface area contributed by atoms with E-state index in [2.05, 4.69) is 20.9 Å². The largest absolute Gasteiger partial charge is 0.395 e. The minimum Gasteiger partial charge on any atom is -0.395 e. The summed E-state index contributed by atoms with van der Waals surface area (Å²) in [5, 5.41) is 20.4. The van der Waals surface area contributed by atoms with E-state index in [1.165, 1.54) is 12.4 Å². The predicted molar refractivity (Wildman–Crippen MR) is 83.2 cm³/mol. The third-order valence-corrected chi connectivity index (χ3v) is 3.53. The van der Waals surface area contributed by atoms with Gasteiger partial charge in [0.25, 0.3) is 0 Å². The van der Waals surface area contributed by atoms with Crippen molar-refractivity contribution >= 4 is 27.3 Å². The molecule has 1 heterocycles. The minimum atomic E-state index is -0.470. The zero-order chi connectivity index (χ0) is 15.2. The van der Waals surface area contributed by atoms with Crippen molar-refractivity contribution in [2.24, 2.45) is 0 Å². The molecule has 0 amide bonds. The van der Waals surface area contributed by atoms with Gasteiger partial charge in [-0.3, -0.25) is 15.1 Å². The molecule has 110 valence electrons. The van der Waals surface area contributed by atoms with Gasteiger partial charge in [-0.15, -0.1) is 0 Å². The molecular weight excluding hydrogens is 338 g/mol. The molecule has 2 aromatic rings. The number of hydrogen-bond acceptors (Lipinski definition) is 5. The molecule has 0 radical (unpaired) electrons. The zero-order valence-corrected chi connectivity index (χ0v) is 12.7. The molecule has 0 aliphatic carbocycles. The number of benzene rings is 1.